The Morgan fingerprint density at radius 2 is 2.04 bits per heavy atom. The maximum atomic E-state index is 13.3. The molecule has 3 aromatic heterocycles. The topological polar surface area (TPSA) is 51.0 Å². The van der Waals surface area contributed by atoms with Gasteiger partial charge in [-0.1, -0.05) is 12.1 Å². The molecule has 5 rings (SSSR count). The van der Waals surface area contributed by atoms with Crippen LogP contribution in [0.1, 0.15) is 38.2 Å². The zero-order valence-corrected chi connectivity index (χ0v) is 17.0. The van der Waals surface area contributed by atoms with Crippen LogP contribution < -0.4 is 10.5 Å². The van der Waals surface area contributed by atoms with Gasteiger partial charge in [0.05, 0.1) is 16.8 Å². The summed E-state index contributed by atoms with van der Waals surface area (Å²) in [6, 6.07) is 10.6. The molecule has 0 saturated heterocycles. The molecule has 0 amide bonds. The molecule has 0 N–H and O–H groups in total. The molecular formula is C22H22N4OS. The molecule has 0 atom stereocenters. The highest BCUT2D eigenvalue weighted by atomic mass is 32.1. The molecular weight excluding hydrogens is 368 g/mol. The van der Waals surface area contributed by atoms with Crippen LogP contribution in [0.3, 0.4) is 0 Å². The van der Waals surface area contributed by atoms with E-state index in [1.54, 1.807) is 10.9 Å². The predicted molar refractivity (Wildman–Crippen MR) is 116 cm³/mol. The number of aromatic nitrogens is 3. The molecule has 0 aliphatic heterocycles. The van der Waals surface area contributed by atoms with Crippen molar-refractivity contribution < 1.29 is 0 Å². The molecule has 28 heavy (non-hydrogen) atoms. The minimum absolute atomic E-state index is 0.0286. The second-order valence-electron chi connectivity index (χ2n) is 7.78. The Labute approximate surface area is 167 Å². The summed E-state index contributed by atoms with van der Waals surface area (Å²) in [7, 11) is 2.06. The van der Waals surface area contributed by atoms with Gasteiger partial charge in [-0.25, -0.2) is 9.97 Å². The minimum Gasteiger partial charge on any atom is -0.371 e. The van der Waals surface area contributed by atoms with Crippen molar-refractivity contribution in [2.24, 2.45) is 0 Å². The average Bonchev–Trinajstić information content (AvgIpc) is 3.48. The van der Waals surface area contributed by atoms with Crippen LogP contribution in [0.15, 0.2) is 47.7 Å². The van der Waals surface area contributed by atoms with E-state index >= 15 is 0 Å². The van der Waals surface area contributed by atoms with Crippen LogP contribution >= 0.6 is 11.3 Å². The third-order valence-corrected chi connectivity index (χ3v) is 6.69. The van der Waals surface area contributed by atoms with E-state index in [4.69, 9.17) is 4.98 Å². The molecule has 1 saturated carbocycles. The maximum absolute atomic E-state index is 13.3. The maximum Gasteiger partial charge on any atom is 0.275 e. The number of thiophene rings is 1. The van der Waals surface area contributed by atoms with Crippen molar-refractivity contribution in [3.63, 3.8) is 0 Å². The van der Waals surface area contributed by atoms with Crippen LogP contribution in [-0.2, 0) is 0 Å². The largest absolute Gasteiger partial charge is 0.371 e. The Bertz CT molecular complexity index is 1250. The Morgan fingerprint density at radius 3 is 2.79 bits per heavy atom. The highest BCUT2D eigenvalue weighted by Crippen LogP contribution is 2.40. The van der Waals surface area contributed by atoms with Crippen molar-refractivity contribution in [1.82, 2.24) is 14.5 Å². The molecule has 1 aromatic carbocycles. The zero-order valence-electron chi connectivity index (χ0n) is 16.2. The van der Waals surface area contributed by atoms with E-state index in [9.17, 15) is 4.79 Å². The van der Waals surface area contributed by atoms with Crippen LogP contribution in [0.5, 0.6) is 0 Å². The van der Waals surface area contributed by atoms with Gasteiger partial charge in [-0.15, -0.1) is 11.3 Å². The molecule has 1 aliphatic carbocycles. The molecule has 6 heteroatoms. The summed E-state index contributed by atoms with van der Waals surface area (Å²) in [5.41, 5.74) is 3.97. The summed E-state index contributed by atoms with van der Waals surface area (Å²) < 4.78 is 2.32. The molecule has 142 valence electrons. The van der Waals surface area contributed by atoms with E-state index in [0.29, 0.717) is 16.7 Å². The lowest BCUT2D eigenvalue weighted by atomic mass is 10.1. The van der Waals surface area contributed by atoms with Gasteiger partial charge in [0.2, 0.25) is 0 Å². The third-order valence-electron chi connectivity index (χ3n) is 5.61. The van der Waals surface area contributed by atoms with E-state index in [1.807, 2.05) is 24.4 Å². The number of pyridine rings is 1. The fourth-order valence-corrected chi connectivity index (χ4v) is 4.69. The standard InChI is InChI=1S/C22H22N4OS/c1-13(2)25(3)17-9-10-23-21-18(17)19-20(28-21)22(27)26(12-24-19)16-6-4-5-15(11-16)14-7-8-14/h4-6,9-14H,7-8H2,1-3H3. The van der Waals surface area contributed by atoms with E-state index in [1.165, 1.54) is 29.7 Å². The second-order valence-corrected chi connectivity index (χ2v) is 8.78. The number of hydrogen-bond acceptors (Lipinski definition) is 5. The SMILES string of the molecule is CC(C)N(C)c1ccnc2sc3c(=O)n(-c4cccc(C5CC5)c4)cnc3c12. The van der Waals surface area contributed by atoms with E-state index in [-0.39, 0.29) is 5.56 Å². The second kappa shape index (κ2) is 6.41. The molecule has 3 heterocycles. The zero-order chi connectivity index (χ0) is 19.4. The van der Waals surface area contributed by atoms with Crippen LogP contribution in [0.4, 0.5) is 5.69 Å². The number of anilines is 1. The lowest BCUT2D eigenvalue weighted by molar-refractivity contribution is 0.757. The van der Waals surface area contributed by atoms with Crippen molar-refractivity contribution in [3.8, 4) is 5.69 Å². The predicted octanol–water partition coefficient (Wildman–Crippen LogP) is 4.72. The molecule has 0 bridgehead atoms. The van der Waals surface area contributed by atoms with Gasteiger partial charge in [-0.05, 0) is 56.4 Å². The quantitative estimate of drug-likeness (QED) is 0.506. The van der Waals surface area contributed by atoms with Gasteiger partial charge in [-0.3, -0.25) is 9.36 Å². The molecule has 0 radical (unpaired) electrons. The molecule has 1 fully saturated rings. The van der Waals surface area contributed by atoms with Crippen molar-refractivity contribution in [2.75, 3.05) is 11.9 Å². The van der Waals surface area contributed by atoms with E-state index < -0.39 is 0 Å². The van der Waals surface area contributed by atoms with Gasteiger partial charge in [-0.2, -0.15) is 0 Å². The summed E-state index contributed by atoms with van der Waals surface area (Å²) in [6.07, 6.45) is 5.95. The first-order valence-electron chi connectivity index (χ1n) is 9.66. The van der Waals surface area contributed by atoms with Crippen molar-refractivity contribution in [2.45, 2.75) is 38.6 Å². The van der Waals surface area contributed by atoms with Crippen LogP contribution in [0.2, 0.25) is 0 Å². The van der Waals surface area contributed by atoms with Gasteiger partial charge < -0.3 is 4.90 Å². The molecule has 0 unspecified atom stereocenters. The highest BCUT2D eigenvalue weighted by Gasteiger charge is 2.24. The summed E-state index contributed by atoms with van der Waals surface area (Å²) in [4.78, 5) is 25.6. The molecule has 0 spiro atoms. The Morgan fingerprint density at radius 1 is 1.21 bits per heavy atom. The molecule has 5 nitrogen and oxygen atoms in total. The van der Waals surface area contributed by atoms with Crippen molar-refractivity contribution in [1.29, 1.82) is 0 Å². The Kier molecular flexibility index (Phi) is 3.98. The van der Waals surface area contributed by atoms with Crippen LogP contribution in [0, 0.1) is 0 Å². The van der Waals surface area contributed by atoms with Gasteiger partial charge in [0.15, 0.2) is 0 Å². The number of nitrogens with zero attached hydrogens (tertiary/aromatic N) is 4. The van der Waals surface area contributed by atoms with Gasteiger partial charge >= 0.3 is 0 Å². The molecule has 1 aliphatic rings. The summed E-state index contributed by atoms with van der Waals surface area (Å²) in [5, 5.41) is 0.967. The number of benzene rings is 1. The highest BCUT2D eigenvalue weighted by molar-refractivity contribution is 7.25. The first kappa shape index (κ1) is 17.4. The van der Waals surface area contributed by atoms with Crippen molar-refractivity contribution in [3.05, 3.63) is 58.8 Å². The first-order chi connectivity index (χ1) is 13.5. The summed E-state index contributed by atoms with van der Waals surface area (Å²) in [5.74, 6) is 0.648. The van der Waals surface area contributed by atoms with Crippen molar-refractivity contribution >= 4 is 37.5 Å². The number of hydrogen-bond donors (Lipinski definition) is 0. The van der Waals surface area contributed by atoms with Gasteiger partial charge in [0.1, 0.15) is 21.4 Å². The lowest BCUT2D eigenvalue weighted by Gasteiger charge is -2.24. The van der Waals surface area contributed by atoms with Crippen LogP contribution in [0.25, 0.3) is 26.1 Å². The normalized spacial score (nSPS) is 14.3. The summed E-state index contributed by atoms with van der Waals surface area (Å²) >= 11 is 1.43. The monoisotopic (exact) mass is 390 g/mol. The lowest BCUT2D eigenvalue weighted by Crippen LogP contribution is -2.25. The Balaban J connectivity index is 1.72. The van der Waals surface area contributed by atoms with Gasteiger partial charge in [0, 0.05) is 19.3 Å². The smallest absolute Gasteiger partial charge is 0.275 e. The fraction of sp³-hybridized carbons (Fsp3) is 0.318. The van der Waals surface area contributed by atoms with Gasteiger partial charge in [0.25, 0.3) is 5.56 Å². The van der Waals surface area contributed by atoms with E-state index in [0.717, 1.165) is 27.1 Å². The summed E-state index contributed by atoms with van der Waals surface area (Å²) in [6.45, 7) is 4.29. The average molecular weight is 391 g/mol. The third kappa shape index (κ3) is 2.71. The number of fused-ring (bicyclic) bond motifs is 3. The first-order valence-corrected chi connectivity index (χ1v) is 10.5. The van der Waals surface area contributed by atoms with E-state index in [2.05, 4.69) is 42.9 Å². The van der Waals surface area contributed by atoms with Crippen LogP contribution in [-0.4, -0.2) is 27.6 Å². The molecule has 4 aromatic rings. The number of rotatable bonds is 4. The fourth-order valence-electron chi connectivity index (χ4n) is 3.64. The Hall–Kier alpha value is -2.73. The minimum atomic E-state index is -0.0286.